The molecule has 9 heteroatoms. The number of primary amides is 1. The third-order valence-corrected chi connectivity index (χ3v) is 6.74. The smallest absolute Gasteiger partial charge is 0.254 e. The van der Waals surface area contributed by atoms with E-state index in [1.807, 2.05) is 12.1 Å². The monoisotopic (exact) mass is 473 g/mol. The van der Waals surface area contributed by atoms with Gasteiger partial charge in [0.05, 0.1) is 12.8 Å². The fraction of sp³-hybridized carbons (Fsp3) is 0.346. The summed E-state index contributed by atoms with van der Waals surface area (Å²) in [5, 5.41) is 6.64. The number of anilines is 4. The highest BCUT2D eigenvalue weighted by molar-refractivity contribution is 5.98. The Morgan fingerprint density at radius 1 is 1.00 bits per heavy atom. The number of aromatic nitrogens is 2. The molecule has 0 spiro atoms. The number of fused-ring (bicyclic) bond motifs is 2. The molecule has 1 amide bonds. The van der Waals surface area contributed by atoms with Gasteiger partial charge in [0.2, 0.25) is 5.95 Å². The highest BCUT2D eigenvalue weighted by Crippen LogP contribution is 2.34. The van der Waals surface area contributed by atoms with Crippen molar-refractivity contribution in [2.45, 2.75) is 25.9 Å². The minimum atomic E-state index is -0.585. The van der Waals surface area contributed by atoms with E-state index in [-0.39, 0.29) is 5.56 Å². The Bertz CT molecular complexity index is 1280. The average molecular weight is 474 g/mol. The van der Waals surface area contributed by atoms with Crippen LogP contribution in [-0.2, 0) is 25.9 Å². The van der Waals surface area contributed by atoms with E-state index in [0.29, 0.717) is 11.8 Å². The van der Waals surface area contributed by atoms with Crippen LogP contribution in [-0.4, -0.2) is 60.0 Å². The standard InChI is InChI=1S/C26H31N7O2/c1-32-9-7-16-12-23(35-3)22(11-18(16)15-32)30-26-28-13-20(24(27)34)25(31-26)29-21-6-4-5-17-14-33(2)10-8-19(17)21/h4-6,11-13H,7-10,14-15H2,1-3H3,(H2,27,34)(H2,28,29,30,31). The van der Waals surface area contributed by atoms with E-state index in [2.05, 4.69) is 62.7 Å². The molecule has 5 rings (SSSR count). The molecule has 0 bridgehead atoms. The lowest BCUT2D eigenvalue weighted by Crippen LogP contribution is -2.27. The van der Waals surface area contributed by atoms with Crippen LogP contribution in [0, 0.1) is 0 Å². The number of likely N-dealkylation sites (N-methyl/N-ethyl adjacent to an activating group) is 2. The molecule has 0 saturated heterocycles. The van der Waals surface area contributed by atoms with Gasteiger partial charge in [-0.25, -0.2) is 4.98 Å². The number of rotatable bonds is 6. The summed E-state index contributed by atoms with van der Waals surface area (Å²) in [5.41, 5.74) is 12.6. The summed E-state index contributed by atoms with van der Waals surface area (Å²) < 4.78 is 5.64. The predicted molar refractivity (Wildman–Crippen MR) is 137 cm³/mol. The van der Waals surface area contributed by atoms with Crippen LogP contribution >= 0.6 is 0 Å². The van der Waals surface area contributed by atoms with E-state index in [4.69, 9.17) is 10.5 Å². The molecule has 0 aliphatic carbocycles. The molecule has 35 heavy (non-hydrogen) atoms. The first-order valence-electron chi connectivity index (χ1n) is 11.8. The minimum absolute atomic E-state index is 0.236. The molecule has 0 unspecified atom stereocenters. The summed E-state index contributed by atoms with van der Waals surface area (Å²) in [5.74, 6) is 0.869. The molecule has 3 aromatic rings. The second-order valence-electron chi connectivity index (χ2n) is 9.31. The van der Waals surface area contributed by atoms with Crippen LogP contribution in [0.4, 0.5) is 23.1 Å². The number of ether oxygens (including phenoxy) is 1. The number of methoxy groups -OCH3 is 1. The summed E-state index contributed by atoms with van der Waals surface area (Å²) in [7, 11) is 5.88. The van der Waals surface area contributed by atoms with Gasteiger partial charge in [-0.3, -0.25) is 4.79 Å². The summed E-state index contributed by atoms with van der Waals surface area (Å²) >= 11 is 0. The Kier molecular flexibility index (Phi) is 6.27. The molecule has 2 aliphatic rings. The summed E-state index contributed by atoms with van der Waals surface area (Å²) in [6.07, 6.45) is 3.36. The molecule has 0 radical (unpaired) electrons. The minimum Gasteiger partial charge on any atom is -0.495 e. The summed E-state index contributed by atoms with van der Waals surface area (Å²) in [6.45, 7) is 3.75. The number of benzene rings is 2. The Morgan fingerprint density at radius 2 is 1.77 bits per heavy atom. The number of nitrogens with one attached hydrogen (secondary N) is 2. The van der Waals surface area contributed by atoms with Crippen molar-refractivity contribution in [2.24, 2.45) is 5.73 Å². The third-order valence-electron chi connectivity index (χ3n) is 6.74. The number of amides is 1. The van der Waals surface area contributed by atoms with E-state index in [0.717, 1.165) is 56.1 Å². The number of hydrogen-bond donors (Lipinski definition) is 3. The SMILES string of the molecule is COc1cc2c(cc1Nc1ncc(C(N)=O)c(Nc3cccc4c3CCN(C)C4)n1)CN(C)CC2. The molecule has 2 aliphatic heterocycles. The van der Waals surface area contributed by atoms with Gasteiger partial charge >= 0.3 is 0 Å². The Balaban J connectivity index is 1.48. The molecule has 2 aromatic carbocycles. The maximum Gasteiger partial charge on any atom is 0.254 e. The van der Waals surface area contributed by atoms with Crippen LogP contribution < -0.4 is 21.1 Å². The highest BCUT2D eigenvalue weighted by Gasteiger charge is 2.20. The maximum atomic E-state index is 12.2. The zero-order valence-corrected chi connectivity index (χ0v) is 20.4. The molecule has 3 heterocycles. The zero-order valence-electron chi connectivity index (χ0n) is 20.4. The van der Waals surface area contributed by atoms with Crippen LogP contribution in [0.15, 0.2) is 36.5 Å². The van der Waals surface area contributed by atoms with Crippen molar-refractivity contribution in [2.75, 3.05) is 44.9 Å². The molecule has 9 nitrogen and oxygen atoms in total. The number of nitrogens with two attached hydrogens (primary N) is 1. The lowest BCUT2D eigenvalue weighted by atomic mass is 9.98. The molecular weight excluding hydrogens is 442 g/mol. The second kappa shape index (κ2) is 9.52. The number of hydrogen-bond acceptors (Lipinski definition) is 8. The van der Waals surface area contributed by atoms with Crippen LogP contribution in [0.1, 0.15) is 32.6 Å². The highest BCUT2D eigenvalue weighted by atomic mass is 16.5. The van der Waals surface area contributed by atoms with Gasteiger partial charge < -0.3 is 30.9 Å². The van der Waals surface area contributed by atoms with Crippen molar-refractivity contribution >= 4 is 29.0 Å². The first-order chi connectivity index (χ1) is 16.9. The Hall–Kier alpha value is -3.69. The van der Waals surface area contributed by atoms with Gasteiger partial charge in [0.15, 0.2) is 0 Å². The van der Waals surface area contributed by atoms with Crippen molar-refractivity contribution in [3.8, 4) is 5.75 Å². The fourth-order valence-corrected chi connectivity index (χ4v) is 4.83. The maximum absolute atomic E-state index is 12.2. The number of carbonyl (C=O) groups excluding carboxylic acids is 1. The van der Waals surface area contributed by atoms with Crippen molar-refractivity contribution in [1.29, 1.82) is 0 Å². The predicted octanol–water partition coefficient (Wildman–Crippen LogP) is 3.05. The molecule has 0 atom stereocenters. The van der Waals surface area contributed by atoms with E-state index < -0.39 is 5.91 Å². The van der Waals surface area contributed by atoms with Crippen molar-refractivity contribution in [3.63, 3.8) is 0 Å². The largest absolute Gasteiger partial charge is 0.495 e. The molecule has 182 valence electrons. The van der Waals surface area contributed by atoms with Crippen molar-refractivity contribution < 1.29 is 9.53 Å². The molecule has 1 aromatic heterocycles. The first kappa shape index (κ1) is 23.1. The first-order valence-corrected chi connectivity index (χ1v) is 11.8. The molecule has 0 saturated carbocycles. The Morgan fingerprint density at radius 3 is 2.54 bits per heavy atom. The van der Waals surface area contributed by atoms with Crippen molar-refractivity contribution in [1.82, 2.24) is 19.8 Å². The van der Waals surface area contributed by atoms with Gasteiger partial charge in [0.1, 0.15) is 17.1 Å². The van der Waals surface area contributed by atoms with Crippen LogP contribution in [0.25, 0.3) is 0 Å². The topological polar surface area (TPSA) is 109 Å². The van der Waals surface area contributed by atoms with Gasteiger partial charge in [0, 0.05) is 38.1 Å². The van der Waals surface area contributed by atoms with Gasteiger partial charge in [-0.1, -0.05) is 12.1 Å². The van der Waals surface area contributed by atoms with E-state index in [1.165, 1.54) is 28.5 Å². The second-order valence-corrected chi connectivity index (χ2v) is 9.31. The number of carbonyl (C=O) groups is 1. The van der Waals surface area contributed by atoms with Crippen LogP contribution in [0.2, 0.25) is 0 Å². The van der Waals surface area contributed by atoms with Gasteiger partial charge in [-0.15, -0.1) is 0 Å². The normalized spacial score (nSPS) is 15.7. The van der Waals surface area contributed by atoms with Crippen molar-refractivity contribution in [3.05, 3.63) is 64.3 Å². The third kappa shape index (κ3) is 4.78. The summed E-state index contributed by atoms with van der Waals surface area (Å²) in [4.78, 5) is 25.7. The lowest BCUT2D eigenvalue weighted by Gasteiger charge is -2.27. The van der Waals surface area contributed by atoms with Gasteiger partial charge in [-0.05, 0) is 67.4 Å². The Labute approximate surface area is 205 Å². The average Bonchev–Trinajstić information content (AvgIpc) is 2.83. The van der Waals surface area contributed by atoms with Crippen LogP contribution in [0.3, 0.4) is 0 Å². The van der Waals surface area contributed by atoms with E-state index in [1.54, 1.807) is 7.11 Å². The molecule has 0 fully saturated rings. The van der Waals surface area contributed by atoms with Gasteiger partial charge in [0.25, 0.3) is 5.91 Å². The number of nitrogens with zero attached hydrogens (tertiary/aromatic N) is 4. The molecular formula is C26H31N7O2. The van der Waals surface area contributed by atoms with E-state index in [9.17, 15) is 4.79 Å². The quantitative estimate of drug-likeness (QED) is 0.501. The fourth-order valence-electron chi connectivity index (χ4n) is 4.83. The molecule has 4 N–H and O–H groups in total. The van der Waals surface area contributed by atoms with Gasteiger partial charge in [-0.2, -0.15) is 4.98 Å². The zero-order chi connectivity index (χ0) is 24.5. The summed E-state index contributed by atoms with van der Waals surface area (Å²) in [6, 6.07) is 10.3. The van der Waals surface area contributed by atoms with E-state index >= 15 is 0 Å². The lowest BCUT2D eigenvalue weighted by molar-refractivity contribution is 0.100. The van der Waals surface area contributed by atoms with Crippen LogP contribution in [0.5, 0.6) is 5.75 Å².